The number of nitrogens with one attached hydrogen (secondary N) is 2. The second-order valence-corrected chi connectivity index (χ2v) is 5.54. The summed E-state index contributed by atoms with van der Waals surface area (Å²) in [7, 11) is 0. The first kappa shape index (κ1) is 16.3. The predicted molar refractivity (Wildman–Crippen MR) is 85.2 cm³/mol. The normalized spacial score (nSPS) is 16.7. The molecular formula is C14H14Cl2N4O2. The minimum absolute atomic E-state index is 0.0324. The van der Waals surface area contributed by atoms with Gasteiger partial charge >= 0.3 is 0 Å². The van der Waals surface area contributed by atoms with Crippen LogP contribution >= 0.6 is 23.2 Å². The molecule has 0 aromatic heterocycles. The average molecular weight is 341 g/mol. The van der Waals surface area contributed by atoms with E-state index in [1.54, 1.807) is 12.1 Å². The van der Waals surface area contributed by atoms with E-state index in [2.05, 4.69) is 5.32 Å². The van der Waals surface area contributed by atoms with Gasteiger partial charge in [-0.15, -0.1) is 0 Å². The Morgan fingerprint density at radius 2 is 2.09 bits per heavy atom. The van der Waals surface area contributed by atoms with Gasteiger partial charge in [-0.2, -0.15) is 0 Å². The minimum Gasteiger partial charge on any atom is -0.384 e. The quantitative estimate of drug-likeness (QED) is 0.435. The van der Waals surface area contributed by atoms with E-state index in [0.717, 1.165) is 0 Å². The van der Waals surface area contributed by atoms with Crippen LogP contribution in [0.15, 0.2) is 29.5 Å². The van der Waals surface area contributed by atoms with Crippen molar-refractivity contribution in [3.8, 4) is 0 Å². The lowest BCUT2D eigenvalue weighted by atomic mass is 9.99. The molecule has 2 amide bonds. The van der Waals surface area contributed by atoms with E-state index in [9.17, 15) is 9.59 Å². The van der Waals surface area contributed by atoms with E-state index in [-0.39, 0.29) is 22.9 Å². The number of hydrogen-bond donors (Lipinski definition) is 3. The fourth-order valence-electron chi connectivity index (χ4n) is 2.16. The molecular weight excluding hydrogens is 327 g/mol. The Morgan fingerprint density at radius 1 is 1.36 bits per heavy atom. The summed E-state index contributed by atoms with van der Waals surface area (Å²) in [5.41, 5.74) is 6.24. The van der Waals surface area contributed by atoms with Crippen LogP contribution in [-0.2, 0) is 9.59 Å². The maximum atomic E-state index is 11.8. The summed E-state index contributed by atoms with van der Waals surface area (Å²) >= 11 is 11.8. The second kappa shape index (κ2) is 6.81. The van der Waals surface area contributed by atoms with Gasteiger partial charge in [-0.3, -0.25) is 15.0 Å². The summed E-state index contributed by atoms with van der Waals surface area (Å²) in [5.74, 6) is -0.744. The average Bonchev–Trinajstić information content (AvgIpc) is 2.50. The van der Waals surface area contributed by atoms with Crippen molar-refractivity contribution in [3.63, 3.8) is 0 Å². The van der Waals surface area contributed by atoms with Crippen LogP contribution in [0.4, 0.5) is 0 Å². The molecule has 1 heterocycles. The largest absolute Gasteiger partial charge is 0.384 e. The van der Waals surface area contributed by atoms with E-state index in [0.29, 0.717) is 35.8 Å². The van der Waals surface area contributed by atoms with E-state index in [4.69, 9.17) is 34.3 Å². The summed E-state index contributed by atoms with van der Waals surface area (Å²) in [6.45, 7) is 1.21. The molecule has 116 valence electrons. The van der Waals surface area contributed by atoms with Crippen LogP contribution in [0, 0.1) is 5.41 Å². The summed E-state index contributed by atoms with van der Waals surface area (Å²) in [6.07, 6.45) is 0.697. The number of hydrogen-bond acceptors (Lipinski definition) is 4. The Balaban J connectivity index is 2.42. The first-order valence-corrected chi connectivity index (χ1v) is 7.20. The zero-order valence-corrected chi connectivity index (χ0v) is 13.0. The summed E-state index contributed by atoms with van der Waals surface area (Å²) in [5, 5.41) is 11.9. The maximum absolute atomic E-state index is 11.8. The predicted octanol–water partition coefficient (Wildman–Crippen LogP) is 1.16. The maximum Gasteiger partial charge on any atom is 0.252 e. The van der Waals surface area contributed by atoms with E-state index >= 15 is 0 Å². The van der Waals surface area contributed by atoms with Crippen LogP contribution in [-0.4, -0.2) is 42.6 Å². The number of piperazine rings is 1. The third-order valence-electron chi connectivity index (χ3n) is 3.25. The smallest absolute Gasteiger partial charge is 0.252 e. The number of nitrogens with zero attached hydrogens (tertiary/aromatic N) is 1. The highest BCUT2D eigenvalue weighted by Gasteiger charge is 2.23. The second-order valence-electron chi connectivity index (χ2n) is 4.72. The lowest BCUT2D eigenvalue weighted by Crippen LogP contribution is -2.43. The molecule has 0 atom stereocenters. The molecule has 4 N–H and O–H groups in total. The van der Waals surface area contributed by atoms with Gasteiger partial charge in [0.05, 0.1) is 27.9 Å². The standard InChI is InChI=1S/C14H14Cl2N4O2/c15-9-2-1-8(5-10(9)16)13(17)12(14(18)22)11-6-20(7-21)4-3-19-11/h1-2,5,7,17,19H,3-4,6H2,(H2,18,22)/b12-11+,17-13?. The SMILES string of the molecule is N=C(/C(C(N)=O)=C1/CN(C=O)CCN1)c1ccc(Cl)c(Cl)c1. The summed E-state index contributed by atoms with van der Waals surface area (Å²) in [6, 6.07) is 4.62. The number of halogens is 2. The number of amides is 2. The first-order valence-electron chi connectivity index (χ1n) is 6.44. The van der Waals surface area contributed by atoms with E-state index < -0.39 is 5.91 Å². The van der Waals surface area contributed by atoms with Crippen molar-refractivity contribution in [2.75, 3.05) is 19.6 Å². The highest BCUT2D eigenvalue weighted by Crippen LogP contribution is 2.24. The van der Waals surface area contributed by atoms with E-state index in [1.165, 1.54) is 11.0 Å². The topological polar surface area (TPSA) is 99.3 Å². The Kier molecular flexibility index (Phi) is 5.05. The van der Waals surface area contributed by atoms with Gasteiger partial charge < -0.3 is 16.0 Å². The molecule has 8 heteroatoms. The van der Waals surface area contributed by atoms with Crippen LogP contribution in [0.5, 0.6) is 0 Å². The van der Waals surface area contributed by atoms with Gasteiger partial charge in [0, 0.05) is 24.4 Å². The fourth-order valence-corrected chi connectivity index (χ4v) is 2.46. The lowest BCUT2D eigenvalue weighted by molar-refractivity contribution is -0.118. The zero-order valence-electron chi connectivity index (χ0n) is 11.5. The Hall–Kier alpha value is -2.05. The lowest BCUT2D eigenvalue weighted by Gasteiger charge is -2.28. The molecule has 1 aromatic carbocycles. The van der Waals surface area contributed by atoms with Gasteiger partial charge in [-0.05, 0) is 12.1 Å². The number of primary amides is 1. The monoisotopic (exact) mass is 340 g/mol. The number of carbonyl (C=O) groups excluding carboxylic acids is 2. The van der Waals surface area contributed by atoms with Gasteiger partial charge in [-0.25, -0.2) is 0 Å². The third kappa shape index (κ3) is 3.40. The molecule has 0 aliphatic carbocycles. The minimum atomic E-state index is -0.744. The Morgan fingerprint density at radius 3 is 2.68 bits per heavy atom. The van der Waals surface area contributed by atoms with Crippen molar-refractivity contribution in [1.82, 2.24) is 10.2 Å². The van der Waals surface area contributed by atoms with Crippen molar-refractivity contribution in [2.45, 2.75) is 0 Å². The molecule has 0 unspecified atom stereocenters. The third-order valence-corrected chi connectivity index (χ3v) is 3.99. The highest BCUT2D eigenvalue weighted by atomic mass is 35.5. The van der Waals surface area contributed by atoms with Gasteiger partial charge in [0.25, 0.3) is 5.91 Å². The first-order chi connectivity index (χ1) is 10.4. The summed E-state index contributed by atoms with van der Waals surface area (Å²) < 4.78 is 0. The van der Waals surface area contributed by atoms with Crippen molar-refractivity contribution in [1.29, 1.82) is 5.41 Å². The van der Waals surface area contributed by atoms with Crippen LogP contribution in [0.25, 0.3) is 0 Å². The van der Waals surface area contributed by atoms with Crippen LogP contribution < -0.4 is 11.1 Å². The van der Waals surface area contributed by atoms with Crippen LogP contribution in [0.1, 0.15) is 5.56 Å². The number of carbonyl (C=O) groups is 2. The number of rotatable bonds is 4. The van der Waals surface area contributed by atoms with Crippen molar-refractivity contribution in [2.24, 2.45) is 5.73 Å². The van der Waals surface area contributed by atoms with Crippen LogP contribution in [0.2, 0.25) is 10.0 Å². The van der Waals surface area contributed by atoms with Gasteiger partial charge in [0.1, 0.15) is 0 Å². The number of benzene rings is 1. The van der Waals surface area contributed by atoms with Crippen molar-refractivity contribution in [3.05, 3.63) is 45.1 Å². The van der Waals surface area contributed by atoms with Gasteiger partial charge in [0.15, 0.2) is 0 Å². The molecule has 0 radical (unpaired) electrons. The zero-order chi connectivity index (χ0) is 16.3. The molecule has 2 rings (SSSR count). The molecule has 0 spiro atoms. The molecule has 1 saturated heterocycles. The summed E-state index contributed by atoms with van der Waals surface area (Å²) in [4.78, 5) is 24.2. The molecule has 1 fully saturated rings. The Bertz CT molecular complexity index is 673. The molecule has 1 aliphatic heterocycles. The molecule has 1 aliphatic rings. The van der Waals surface area contributed by atoms with Crippen LogP contribution in [0.3, 0.4) is 0 Å². The molecule has 1 aromatic rings. The molecule has 22 heavy (non-hydrogen) atoms. The fraction of sp³-hybridized carbons (Fsp3) is 0.214. The van der Waals surface area contributed by atoms with Gasteiger partial charge in [0.2, 0.25) is 6.41 Å². The van der Waals surface area contributed by atoms with Crippen molar-refractivity contribution < 1.29 is 9.59 Å². The molecule has 0 saturated carbocycles. The van der Waals surface area contributed by atoms with E-state index in [1.807, 2.05) is 0 Å². The number of nitrogens with two attached hydrogens (primary N) is 1. The molecule has 6 nitrogen and oxygen atoms in total. The Labute approximate surface area is 137 Å². The highest BCUT2D eigenvalue weighted by molar-refractivity contribution is 6.42. The van der Waals surface area contributed by atoms with Gasteiger partial charge in [-0.1, -0.05) is 29.3 Å². The molecule has 0 bridgehead atoms. The van der Waals surface area contributed by atoms with Crippen molar-refractivity contribution >= 4 is 41.2 Å².